The highest BCUT2D eigenvalue weighted by Crippen LogP contribution is 2.33. The van der Waals surface area contributed by atoms with Gasteiger partial charge in [-0.05, 0) is 24.6 Å². The number of aromatic nitrogens is 1. The van der Waals surface area contributed by atoms with Gasteiger partial charge < -0.3 is 10.1 Å². The van der Waals surface area contributed by atoms with Gasteiger partial charge in [-0.15, -0.1) is 0 Å². The second-order valence-electron chi connectivity index (χ2n) is 4.26. The summed E-state index contributed by atoms with van der Waals surface area (Å²) in [7, 11) is 0. The van der Waals surface area contributed by atoms with Crippen LogP contribution in [0.1, 0.15) is 13.3 Å². The number of anilines is 1. The minimum Gasteiger partial charge on any atom is -0.432 e. The normalized spacial score (nSPS) is 10.2. The van der Waals surface area contributed by atoms with Crippen molar-refractivity contribution < 1.29 is 9.66 Å². The van der Waals surface area contributed by atoms with Gasteiger partial charge in [0.2, 0.25) is 11.6 Å². The Kier molecular flexibility index (Phi) is 4.94. The summed E-state index contributed by atoms with van der Waals surface area (Å²) in [6.07, 6.45) is 0.968. The first-order valence-electron chi connectivity index (χ1n) is 6.43. The summed E-state index contributed by atoms with van der Waals surface area (Å²) in [5.74, 6) is 1.04. The second kappa shape index (κ2) is 6.90. The Morgan fingerprint density at radius 3 is 2.90 bits per heavy atom. The summed E-state index contributed by atoms with van der Waals surface area (Å²) in [6, 6.07) is 9.43. The van der Waals surface area contributed by atoms with E-state index in [0.29, 0.717) is 5.82 Å². The van der Waals surface area contributed by atoms with Gasteiger partial charge >= 0.3 is 5.69 Å². The molecule has 0 bridgehead atoms. The lowest BCUT2D eigenvalue weighted by atomic mass is 10.3. The van der Waals surface area contributed by atoms with Crippen molar-refractivity contribution in [2.24, 2.45) is 0 Å². The highest BCUT2D eigenvalue weighted by molar-refractivity contribution is 6.30. The number of ether oxygens (including phenoxy) is 1. The van der Waals surface area contributed by atoms with Crippen LogP contribution in [0.4, 0.5) is 11.5 Å². The number of benzene rings is 1. The molecule has 1 aromatic carbocycles. The van der Waals surface area contributed by atoms with Gasteiger partial charge in [-0.3, -0.25) is 10.1 Å². The number of nitrogens with one attached hydrogen (secondary N) is 1. The third kappa shape index (κ3) is 4.06. The van der Waals surface area contributed by atoms with Gasteiger partial charge in [0.25, 0.3) is 0 Å². The summed E-state index contributed by atoms with van der Waals surface area (Å²) in [5, 5.41) is 14.4. The fraction of sp³-hybridized carbons (Fsp3) is 0.214. The topological polar surface area (TPSA) is 77.3 Å². The van der Waals surface area contributed by atoms with E-state index in [-0.39, 0.29) is 22.3 Å². The molecule has 0 aliphatic heterocycles. The van der Waals surface area contributed by atoms with Crippen molar-refractivity contribution in [2.45, 2.75) is 13.3 Å². The molecule has 0 radical (unpaired) electrons. The number of pyridine rings is 1. The Morgan fingerprint density at radius 1 is 1.38 bits per heavy atom. The van der Waals surface area contributed by atoms with Crippen LogP contribution in [0.25, 0.3) is 0 Å². The molecular formula is C14H14ClN3O3. The fourth-order valence-corrected chi connectivity index (χ4v) is 1.82. The first kappa shape index (κ1) is 15.1. The van der Waals surface area contributed by atoms with Gasteiger partial charge in [-0.2, -0.15) is 4.98 Å². The standard InChI is InChI=1S/C14H14ClN3O3/c1-2-8-16-13-4-3-5-14(17-13)21-12-7-6-10(15)9-11(12)18(19)20/h3-7,9H,2,8H2,1H3,(H,16,17). The number of hydrogen-bond donors (Lipinski definition) is 1. The van der Waals surface area contributed by atoms with Gasteiger partial charge in [0.15, 0.2) is 0 Å². The summed E-state index contributed by atoms with van der Waals surface area (Å²) in [5.41, 5.74) is -0.198. The zero-order valence-electron chi connectivity index (χ0n) is 11.4. The lowest BCUT2D eigenvalue weighted by Gasteiger charge is -2.08. The smallest absolute Gasteiger partial charge is 0.313 e. The molecule has 6 nitrogen and oxygen atoms in total. The molecule has 1 heterocycles. The van der Waals surface area contributed by atoms with Gasteiger partial charge in [-0.1, -0.05) is 24.6 Å². The van der Waals surface area contributed by atoms with Crippen LogP contribution in [0.15, 0.2) is 36.4 Å². The van der Waals surface area contributed by atoms with E-state index < -0.39 is 4.92 Å². The van der Waals surface area contributed by atoms with Crippen LogP contribution < -0.4 is 10.1 Å². The second-order valence-corrected chi connectivity index (χ2v) is 4.70. The zero-order valence-corrected chi connectivity index (χ0v) is 12.1. The monoisotopic (exact) mass is 307 g/mol. The number of nitro benzene ring substituents is 1. The van der Waals surface area contributed by atoms with Crippen LogP contribution in [0.3, 0.4) is 0 Å². The van der Waals surface area contributed by atoms with Crippen LogP contribution in [0.2, 0.25) is 5.02 Å². The van der Waals surface area contributed by atoms with Crippen molar-refractivity contribution in [2.75, 3.05) is 11.9 Å². The number of nitrogens with zero attached hydrogens (tertiary/aromatic N) is 2. The molecular weight excluding hydrogens is 294 g/mol. The quantitative estimate of drug-likeness (QED) is 0.637. The molecule has 0 spiro atoms. The van der Waals surface area contributed by atoms with E-state index in [2.05, 4.69) is 10.3 Å². The molecule has 0 aliphatic rings. The minimum absolute atomic E-state index is 0.101. The number of rotatable bonds is 6. The number of nitro groups is 1. The van der Waals surface area contributed by atoms with Crippen molar-refractivity contribution in [1.82, 2.24) is 4.98 Å². The molecule has 1 N–H and O–H groups in total. The maximum absolute atomic E-state index is 11.0. The molecule has 1 aromatic heterocycles. The van der Waals surface area contributed by atoms with Crippen LogP contribution >= 0.6 is 11.6 Å². The maximum Gasteiger partial charge on any atom is 0.313 e. The Balaban J connectivity index is 2.24. The lowest BCUT2D eigenvalue weighted by Crippen LogP contribution is -2.02. The molecule has 0 aliphatic carbocycles. The van der Waals surface area contributed by atoms with Crippen molar-refractivity contribution in [3.63, 3.8) is 0 Å². The molecule has 0 fully saturated rings. The largest absolute Gasteiger partial charge is 0.432 e. The van der Waals surface area contributed by atoms with Crippen LogP contribution in [0.5, 0.6) is 11.6 Å². The van der Waals surface area contributed by atoms with Gasteiger partial charge in [0.1, 0.15) is 5.82 Å². The Hall–Kier alpha value is -2.34. The van der Waals surface area contributed by atoms with Gasteiger partial charge in [0.05, 0.1) is 4.92 Å². The highest BCUT2D eigenvalue weighted by atomic mass is 35.5. The molecule has 2 aromatic rings. The summed E-state index contributed by atoms with van der Waals surface area (Å²) in [6.45, 7) is 2.84. The molecule has 2 rings (SSSR count). The van der Waals surface area contributed by atoms with Crippen molar-refractivity contribution >= 4 is 23.1 Å². The average molecular weight is 308 g/mol. The van der Waals surface area contributed by atoms with Crippen molar-refractivity contribution in [3.8, 4) is 11.6 Å². The van der Waals surface area contributed by atoms with Gasteiger partial charge in [0, 0.05) is 23.7 Å². The molecule has 110 valence electrons. The third-order valence-corrected chi connectivity index (χ3v) is 2.85. The number of halogens is 1. The maximum atomic E-state index is 11.0. The lowest BCUT2D eigenvalue weighted by molar-refractivity contribution is -0.385. The molecule has 0 unspecified atom stereocenters. The number of hydrogen-bond acceptors (Lipinski definition) is 5. The summed E-state index contributed by atoms with van der Waals surface area (Å²) in [4.78, 5) is 14.7. The summed E-state index contributed by atoms with van der Waals surface area (Å²) >= 11 is 5.76. The minimum atomic E-state index is -0.541. The van der Waals surface area contributed by atoms with E-state index in [1.165, 1.54) is 18.2 Å². The third-order valence-electron chi connectivity index (χ3n) is 2.61. The highest BCUT2D eigenvalue weighted by Gasteiger charge is 2.16. The predicted octanol–water partition coefficient (Wildman–Crippen LogP) is 4.26. The van der Waals surface area contributed by atoms with Crippen molar-refractivity contribution in [1.29, 1.82) is 0 Å². The Bertz CT molecular complexity index is 649. The van der Waals surface area contributed by atoms with E-state index in [0.717, 1.165) is 13.0 Å². The first-order chi connectivity index (χ1) is 10.1. The molecule has 0 saturated heterocycles. The van der Waals surface area contributed by atoms with E-state index in [1.807, 2.05) is 6.92 Å². The molecule has 21 heavy (non-hydrogen) atoms. The van der Waals surface area contributed by atoms with Crippen LogP contribution in [-0.4, -0.2) is 16.5 Å². The Morgan fingerprint density at radius 2 is 2.19 bits per heavy atom. The van der Waals surface area contributed by atoms with E-state index in [1.54, 1.807) is 18.2 Å². The summed E-state index contributed by atoms with van der Waals surface area (Å²) < 4.78 is 5.50. The average Bonchev–Trinajstić information content (AvgIpc) is 2.47. The van der Waals surface area contributed by atoms with Crippen LogP contribution in [-0.2, 0) is 0 Å². The molecule has 0 atom stereocenters. The molecule has 7 heteroatoms. The molecule has 0 amide bonds. The Labute approximate surface area is 126 Å². The van der Waals surface area contributed by atoms with Gasteiger partial charge in [-0.25, -0.2) is 0 Å². The van der Waals surface area contributed by atoms with E-state index >= 15 is 0 Å². The van der Waals surface area contributed by atoms with E-state index in [9.17, 15) is 10.1 Å². The fourth-order valence-electron chi connectivity index (χ4n) is 1.66. The molecule has 0 saturated carbocycles. The zero-order chi connectivity index (χ0) is 15.2. The van der Waals surface area contributed by atoms with Crippen molar-refractivity contribution in [3.05, 3.63) is 51.5 Å². The van der Waals surface area contributed by atoms with Crippen LogP contribution in [0, 0.1) is 10.1 Å². The SMILES string of the molecule is CCCNc1cccc(Oc2ccc(Cl)cc2[N+](=O)[O-])n1. The van der Waals surface area contributed by atoms with E-state index in [4.69, 9.17) is 16.3 Å². The predicted molar refractivity (Wildman–Crippen MR) is 81.2 cm³/mol. The first-order valence-corrected chi connectivity index (χ1v) is 6.80.